The molecule has 1 N–H and O–H groups in total. The van der Waals surface area contributed by atoms with Crippen molar-refractivity contribution in [1.29, 1.82) is 0 Å². The summed E-state index contributed by atoms with van der Waals surface area (Å²) < 4.78 is 0. The molecule has 0 spiro atoms. The highest BCUT2D eigenvalue weighted by Gasteiger charge is 2.14. The van der Waals surface area contributed by atoms with Crippen molar-refractivity contribution in [3.05, 3.63) is 23.8 Å². The molecule has 0 bridgehead atoms. The van der Waals surface area contributed by atoms with Crippen LogP contribution >= 0.6 is 15.9 Å². The van der Waals surface area contributed by atoms with Crippen LogP contribution in [0.2, 0.25) is 0 Å². The van der Waals surface area contributed by atoms with E-state index in [1.807, 2.05) is 19.9 Å². The number of halogens is 1. The Kier molecular flexibility index (Phi) is 4.86. The Morgan fingerprint density at radius 1 is 1.55 bits per heavy atom. The molecule has 1 unspecified atom stereocenters. The van der Waals surface area contributed by atoms with Gasteiger partial charge in [-0.15, -0.1) is 0 Å². The molecule has 1 atom stereocenters. The first-order chi connectivity index (χ1) is 5.13. The van der Waals surface area contributed by atoms with E-state index in [1.165, 1.54) is 0 Å². The number of allylic oxidation sites excluding steroid dienone is 3. The van der Waals surface area contributed by atoms with Gasteiger partial charge in [0.1, 0.15) is 4.83 Å². The van der Waals surface area contributed by atoms with Crippen LogP contribution < -0.4 is 0 Å². The second-order valence-electron chi connectivity index (χ2n) is 1.99. The van der Waals surface area contributed by atoms with Gasteiger partial charge in [-0.05, 0) is 19.4 Å². The Hall–Kier alpha value is -0.570. The maximum atomic E-state index is 10.5. The molecule has 0 aliphatic carbocycles. The molecule has 0 aromatic rings. The number of carboxylic acid groups (broad SMARTS) is 1. The number of carboxylic acids is 1. The van der Waals surface area contributed by atoms with Crippen molar-refractivity contribution >= 4 is 21.9 Å². The van der Waals surface area contributed by atoms with Gasteiger partial charge in [-0.3, -0.25) is 4.79 Å². The topological polar surface area (TPSA) is 37.3 Å². The van der Waals surface area contributed by atoms with E-state index >= 15 is 0 Å². The van der Waals surface area contributed by atoms with E-state index < -0.39 is 10.8 Å². The van der Waals surface area contributed by atoms with Crippen molar-refractivity contribution in [2.24, 2.45) is 0 Å². The van der Waals surface area contributed by atoms with Crippen molar-refractivity contribution in [2.75, 3.05) is 0 Å². The van der Waals surface area contributed by atoms with Gasteiger partial charge >= 0.3 is 5.97 Å². The second kappa shape index (κ2) is 5.13. The van der Waals surface area contributed by atoms with Crippen LogP contribution in [0.5, 0.6) is 0 Å². The van der Waals surface area contributed by atoms with Crippen molar-refractivity contribution in [2.45, 2.75) is 18.7 Å². The van der Waals surface area contributed by atoms with E-state index in [-0.39, 0.29) is 0 Å². The lowest BCUT2D eigenvalue weighted by molar-refractivity contribution is -0.135. The van der Waals surface area contributed by atoms with Gasteiger partial charge in [0.2, 0.25) is 0 Å². The van der Waals surface area contributed by atoms with Crippen LogP contribution in [0.3, 0.4) is 0 Å². The molecule has 0 saturated carbocycles. The third-order valence-electron chi connectivity index (χ3n) is 1.20. The van der Waals surface area contributed by atoms with Crippen LogP contribution in [-0.2, 0) is 4.79 Å². The lowest BCUT2D eigenvalue weighted by Gasteiger charge is -2.03. The van der Waals surface area contributed by atoms with Crippen LogP contribution in [0.1, 0.15) is 13.8 Å². The summed E-state index contributed by atoms with van der Waals surface area (Å²) in [6, 6.07) is 0. The number of alkyl halides is 1. The summed E-state index contributed by atoms with van der Waals surface area (Å²) in [7, 11) is 0. The molecule has 0 aromatic heterocycles. The number of hydrogen-bond acceptors (Lipinski definition) is 1. The lowest BCUT2D eigenvalue weighted by Crippen LogP contribution is -2.13. The van der Waals surface area contributed by atoms with E-state index in [0.717, 1.165) is 5.57 Å². The molecule has 11 heavy (non-hydrogen) atoms. The molecule has 0 fully saturated rings. The Bertz CT molecular complexity index is 194. The third-order valence-corrected chi connectivity index (χ3v) is 2.12. The molecule has 62 valence electrons. The molecular weight excluding hydrogens is 208 g/mol. The monoisotopic (exact) mass is 218 g/mol. The Morgan fingerprint density at radius 3 is 2.36 bits per heavy atom. The minimum absolute atomic E-state index is 0.594. The quantitative estimate of drug-likeness (QED) is 0.584. The molecule has 0 heterocycles. The Balaban J connectivity index is 4.40. The minimum atomic E-state index is -0.865. The first-order valence-corrected chi connectivity index (χ1v) is 4.20. The summed E-state index contributed by atoms with van der Waals surface area (Å²) in [5.41, 5.74) is 0.764. The van der Waals surface area contributed by atoms with Gasteiger partial charge in [0.25, 0.3) is 0 Å². The molecule has 0 amide bonds. The highest BCUT2D eigenvalue weighted by molar-refractivity contribution is 9.10. The smallest absolute Gasteiger partial charge is 0.321 e. The van der Waals surface area contributed by atoms with Gasteiger partial charge in [-0.25, -0.2) is 0 Å². The highest BCUT2D eigenvalue weighted by atomic mass is 79.9. The fraction of sp³-hybridized carbons (Fsp3) is 0.375. The van der Waals surface area contributed by atoms with Gasteiger partial charge in [0.15, 0.2) is 0 Å². The van der Waals surface area contributed by atoms with Gasteiger partial charge in [-0.1, -0.05) is 34.2 Å². The maximum absolute atomic E-state index is 10.5. The molecule has 0 radical (unpaired) electrons. The third kappa shape index (κ3) is 3.37. The molecule has 0 aliphatic rings. The standard InChI is InChI=1S/C8H11BrO2/c1-3-5-6(4-2)7(9)8(10)11/h3-5,7H,1-2H3,(H,10,11)/b5-3-,6-4+. The Morgan fingerprint density at radius 2 is 2.09 bits per heavy atom. The van der Waals surface area contributed by atoms with Gasteiger partial charge in [-0.2, -0.15) is 0 Å². The first-order valence-electron chi connectivity index (χ1n) is 3.29. The van der Waals surface area contributed by atoms with Crippen molar-refractivity contribution in [3.8, 4) is 0 Å². The number of aliphatic carboxylic acids is 1. The van der Waals surface area contributed by atoms with Crippen LogP contribution in [0, 0.1) is 0 Å². The zero-order valence-electron chi connectivity index (χ0n) is 6.54. The average molecular weight is 219 g/mol. The number of carbonyl (C=O) groups is 1. The highest BCUT2D eigenvalue weighted by Crippen LogP contribution is 2.13. The predicted octanol–water partition coefficient (Wildman–Crippen LogP) is 2.36. The summed E-state index contributed by atoms with van der Waals surface area (Å²) in [5, 5.41) is 8.59. The van der Waals surface area contributed by atoms with Crippen LogP contribution in [0.15, 0.2) is 23.8 Å². The molecular formula is C8H11BrO2. The zero-order chi connectivity index (χ0) is 8.85. The second-order valence-corrected chi connectivity index (χ2v) is 2.91. The van der Waals surface area contributed by atoms with E-state index in [4.69, 9.17) is 5.11 Å². The normalized spacial score (nSPS) is 15.4. The summed E-state index contributed by atoms with van der Waals surface area (Å²) in [6.45, 7) is 3.66. The summed E-state index contributed by atoms with van der Waals surface area (Å²) in [4.78, 5) is 9.86. The van der Waals surface area contributed by atoms with Crippen molar-refractivity contribution in [3.63, 3.8) is 0 Å². The average Bonchev–Trinajstić information content (AvgIpc) is 1.98. The first kappa shape index (κ1) is 10.4. The predicted molar refractivity (Wildman–Crippen MR) is 48.9 cm³/mol. The molecule has 0 aromatic carbocycles. The van der Waals surface area contributed by atoms with E-state index in [2.05, 4.69) is 15.9 Å². The molecule has 0 saturated heterocycles. The van der Waals surface area contributed by atoms with E-state index in [1.54, 1.807) is 12.2 Å². The van der Waals surface area contributed by atoms with Crippen LogP contribution in [0.4, 0.5) is 0 Å². The molecule has 0 aliphatic heterocycles. The minimum Gasteiger partial charge on any atom is -0.480 e. The van der Waals surface area contributed by atoms with Gasteiger partial charge < -0.3 is 5.11 Å². The summed E-state index contributed by atoms with van der Waals surface area (Å²) in [5.74, 6) is -0.865. The van der Waals surface area contributed by atoms with Crippen molar-refractivity contribution < 1.29 is 9.90 Å². The molecule has 0 rings (SSSR count). The SMILES string of the molecule is C/C=C\C(=C/C)C(Br)C(=O)O. The molecule has 3 heteroatoms. The van der Waals surface area contributed by atoms with Crippen LogP contribution in [0.25, 0.3) is 0 Å². The van der Waals surface area contributed by atoms with E-state index in [9.17, 15) is 4.79 Å². The lowest BCUT2D eigenvalue weighted by atomic mass is 10.1. The fourth-order valence-corrected chi connectivity index (χ4v) is 1.08. The summed E-state index contributed by atoms with van der Waals surface area (Å²) in [6.07, 6.45) is 5.35. The van der Waals surface area contributed by atoms with Gasteiger partial charge in [0.05, 0.1) is 0 Å². The summed E-state index contributed by atoms with van der Waals surface area (Å²) >= 11 is 3.05. The maximum Gasteiger partial charge on any atom is 0.321 e. The Labute approximate surface area is 74.7 Å². The molecule has 2 nitrogen and oxygen atoms in total. The van der Waals surface area contributed by atoms with E-state index in [0.29, 0.717) is 0 Å². The largest absolute Gasteiger partial charge is 0.480 e. The van der Waals surface area contributed by atoms with Gasteiger partial charge in [0, 0.05) is 0 Å². The fourth-order valence-electron chi connectivity index (χ4n) is 0.662. The zero-order valence-corrected chi connectivity index (χ0v) is 8.13. The number of hydrogen-bond donors (Lipinski definition) is 1. The van der Waals surface area contributed by atoms with Crippen LogP contribution in [-0.4, -0.2) is 15.9 Å². The van der Waals surface area contributed by atoms with Crippen molar-refractivity contribution in [1.82, 2.24) is 0 Å². The number of rotatable bonds is 3.